The number of H-pyrrole nitrogens is 1. The number of sulfonamides is 1. The van der Waals surface area contributed by atoms with Gasteiger partial charge in [0.25, 0.3) is 15.9 Å². The molecule has 1 saturated heterocycles. The number of nitrogens with one attached hydrogen (secondary N) is 2. The molecule has 1 fully saturated rings. The molecule has 0 bridgehead atoms. The number of aromatic amines is 1. The lowest BCUT2D eigenvalue weighted by Gasteiger charge is -2.31. The third-order valence-electron chi connectivity index (χ3n) is 5.09. The highest BCUT2D eigenvalue weighted by molar-refractivity contribution is 7.89. The van der Waals surface area contributed by atoms with Crippen LogP contribution in [0.4, 0.5) is 0 Å². The summed E-state index contributed by atoms with van der Waals surface area (Å²) in [4.78, 5) is 19.6. The molecular formula is C19H23N5O3S. The first-order valence-electron chi connectivity index (χ1n) is 9.27. The summed E-state index contributed by atoms with van der Waals surface area (Å²) in [6, 6.07) is 9.54. The van der Waals surface area contributed by atoms with Gasteiger partial charge in [0, 0.05) is 43.8 Å². The first kappa shape index (κ1) is 18.7. The predicted molar refractivity (Wildman–Crippen MR) is 105 cm³/mol. The van der Waals surface area contributed by atoms with Gasteiger partial charge in [0.15, 0.2) is 5.03 Å². The number of carbonyl (C=O) groups is 1. The zero-order chi connectivity index (χ0) is 19.7. The number of para-hydroxylation sites is 1. The summed E-state index contributed by atoms with van der Waals surface area (Å²) in [5, 5.41) is 3.99. The van der Waals surface area contributed by atoms with Crippen molar-refractivity contribution in [2.45, 2.75) is 17.9 Å². The van der Waals surface area contributed by atoms with E-state index in [9.17, 15) is 13.2 Å². The molecule has 8 nitrogen and oxygen atoms in total. The molecule has 4 rings (SSSR count). The molecule has 9 heteroatoms. The maximum atomic E-state index is 12.8. The van der Waals surface area contributed by atoms with Gasteiger partial charge in [0.1, 0.15) is 5.69 Å². The number of hydrogen-bond acceptors (Lipinski definition) is 4. The van der Waals surface area contributed by atoms with Gasteiger partial charge in [0.05, 0.1) is 6.33 Å². The van der Waals surface area contributed by atoms with Crippen molar-refractivity contribution in [3.8, 4) is 0 Å². The number of aryl methyl sites for hydroxylation is 1. The Hall–Kier alpha value is -2.65. The molecule has 1 aliphatic heterocycles. The van der Waals surface area contributed by atoms with Crippen LogP contribution < -0.4 is 5.32 Å². The van der Waals surface area contributed by atoms with Crippen LogP contribution in [0.1, 0.15) is 23.3 Å². The summed E-state index contributed by atoms with van der Waals surface area (Å²) >= 11 is 0. The van der Waals surface area contributed by atoms with Gasteiger partial charge >= 0.3 is 0 Å². The molecule has 0 unspecified atom stereocenters. The van der Waals surface area contributed by atoms with Gasteiger partial charge in [-0.25, -0.2) is 13.4 Å². The fraction of sp³-hybridized carbons (Fsp3) is 0.368. The Morgan fingerprint density at radius 1 is 1.36 bits per heavy atom. The average molecular weight is 401 g/mol. The van der Waals surface area contributed by atoms with Gasteiger partial charge in [-0.1, -0.05) is 18.2 Å². The lowest BCUT2D eigenvalue weighted by atomic mass is 10.00. The summed E-state index contributed by atoms with van der Waals surface area (Å²) < 4.78 is 28.6. The fourth-order valence-electron chi connectivity index (χ4n) is 3.59. The highest BCUT2D eigenvalue weighted by atomic mass is 32.2. The van der Waals surface area contributed by atoms with Crippen molar-refractivity contribution in [1.82, 2.24) is 24.2 Å². The van der Waals surface area contributed by atoms with Crippen molar-refractivity contribution in [3.05, 3.63) is 48.5 Å². The number of carbonyl (C=O) groups excluding carboxylic acids is 1. The van der Waals surface area contributed by atoms with Crippen molar-refractivity contribution < 1.29 is 13.2 Å². The second-order valence-electron chi connectivity index (χ2n) is 7.23. The van der Waals surface area contributed by atoms with Crippen molar-refractivity contribution in [1.29, 1.82) is 0 Å². The van der Waals surface area contributed by atoms with E-state index in [-0.39, 0.29) is 16.9 Å². The second kappa shape index (κ2) is 7.40. The van der Waals surface area contributed by atoms with Crippen LogP contribution in [0, 0.1) is 5.92 Å². The number of rotatable bonds is 5. The molecule has 0 aliphatic carbocycles. The van der Waals surface area contributed by atoms with E-state index < -0.39 is 10.0 Å². The summed E-state index contributed by atoms with van der Waals surface area (Å²) in [6.45, 7) is 1.29. The molecule has 1 aromatic carbocycles. The van der Waals surface area contributed by atoms with Crippen molar-refractivity contribution in [3.63, 3.8) is 0 Å². The van der Waals surface area contributed by atoms with Crippen molar-refractivity contribution in [2.24, 2.45) is 13.0 Å². The van der Waals surface area contributed by atoms with Crippen molar-refractivity contribution >= 4 is 26.8 Å². The quantitative estimate of drug-likeness (QED) is 0.680. The zero-order valence-electron chi connectivity index (χ0n) is 15.6. The summed E-state index contributed by atoms with van der Waals surface area (Å²) in [5.74, 6) is -0.110. The number of piperidine rings is 1. The number of hydrogen-bond donors (Lipinski definition) is 2. The maximum Gasteiger partial charge on any atom is 0.267 e. The summed E-state index contributed by atoms with van der Waals surface area (Å²) in [5.41, 5.74) is 1.42. The van der Waals surface area contributed by atoms with E-state index in [4.69, 9.17) is 0 Å². The molecule has 3 aromatic rings. The van der Waals surface area contributed by atoms with E-state index in [0.717, 1.165) is 23.7 Å². The van der Waals surface area contributed by atoms with Gasteiger partial charge in [-0.15, -0.1) is 0 Å². The molecule has 0 radical (unpaired) electrons. The molecule has 0 spiro atoms. The van der Waals surface area contributed by atoms with Gasteiger partial charge in [-0.2, -0.15) is 4.31 Å². The minimum atomic E-state index is -3.60. The third kappa shape index (κ3) is 3.67. The third-order valence-corrected chi connectivity index (χ3v) is 6.84. The van der Waals surface area contributed by atoms with Crippen LogP contribution in [0.15, 0.2) is 47.9 Å². The molecule has 28 heavy (non-hydrogen) atoms. The van der Waals surface area contributed by atoms with Crippen LogP contribution in [0.3, 0.4) is 0 Å². The number of amides is 1. The van der Waals surface area contributed by atoms with E-state index in [1.807, 2.05) is 30.3 Å². The Bertz CT molecular complexity index is 1070. The molecule has 1 aliphatic rings. The number of aromatic nitrogens is 3. The highest BCUT2D eigenvalue weighted by Gasteiger charge is 2.31. The average Bonchev–Trinajstić information content (AvgIpc) is 3.33. The maximum absolute atomic E-state index is 12.8. The van der Waals surface area contributed by atoms with Crippen LogP contribution in [-0.4, -0.2) is 52.8 Å². The molecule has 2 N–H and O–H groups in total. The normalized spacial score (nSPS) is 18.4. The monoisotopic (exact) mass is 401 g/mol. The Balaban J connectivity index is 1.39. The molecule has 3 heterocycles. The van der Waals surface area contributed by atoms with E-state index in [1.165, 1.54) is 16.8 Å². The van der Waals surface area contributed by atoms with Crippen molar-refractivity contribution in [2.75, 3.05) is 19.6 Å². The van der Waals surface area contributed by atoms with Crippen LogP contribution >= 0.6 is 0 Å². The smallest absolute Gasteiger partial charge is 0.267 e. The van der Waals surface area contributed by atoms with Crippen LogP contribution in [-0.2, 0) is 17.1 Å². The van der Waals surface area contributed by atoms with Crippen LogP contribution in [0.25, 0.3) is 10.9 Å². The van der Waals surface area contributed by atoms with E-state index in [0.29, 0.717) is 25.3 Å². The van der Waals surface area contributed by atoms with E-state index in [2.05, 4.69) is 15.3 Å². The fourth-order valence-corrected chi connectivity index (χ4v) is 5.11. The number of fused-ring (bicyclic) bond motifs is 1. The zero-order valence-corrected chi connectivity index (χ0v) is 16.4. The van der Waals surface area contributed by atoms with Gasteiger partial charge in [-0.05, 0) is 30.9 Å². The molecule has 1 amide bonds. The molecule has 2 aromatic heterocycles. The molecule has 148 valence electrons. The topological polar surface area (TPSA) is 100 Å². The van der Waals surface area contributed by atoms with Gasteiger partial charge < -0.3 is 14.9 Å². The highest BCUT2D eigenvalue weighted by Crippen LogP contribution is 2.22. The van der Waals surface area contributed by atoms with E-state index in [1.54, 1.807) is 11.6 Å². The van der Waals surface area contributed by atoms with E-state index >= 15 is 0 Å². The minimum absolute atomic E-state index is 0.0674. The largest absolute Gasteiger partial charge is 0.351 e. The van der Waals surface area contributed by atoms with Crippen LogP contribution in [0.5, 0.6) is 0 Å². The Morgan fingerprint density at radius 3 is 2.93 bits per heavy atom. The second-order valence-corrected chi connectivity index (χ2v) is 9.11. The lowest BCUT2D eigenvalue weighted by molar-refractivity contribution is 0.0937. The Morgan fingerprint density at radius 2 is 2.18 bits per heavy atom. The van der Waals surface area contributed by atoms with Gasteiger partial charge in [-0.3, -0.25) is 4.79 Å². The Labute approximate surface area is 163 Å². The molecule has 0 saturated carbocycles. The SMILES string of the molecule is Cn1cnc(S(=O)(=O)N2CCC[C@H](CNC(=O)c3cc4ccccc4[nH]3)C2)c1. The molecular weight excluding hydrogens is 378 g/mol. The predicted octanol–water partition coefficient (Wildman–Crippen LogP) is 1.73. The number of nitrogens with zero attached hydrogens (tertiary/aromatic N) is 3. The van der Waals surface area contributed by atoms with Gasteiger partial charge in [0.2, 0.25) is 0 Å². The Kier molecular flexibility index (Phi) is 4.94. The first-order valence-corrected chi connectivity index (χ1v) is 10.7. The number of benzene rings is 1. The first-order chi connectivity index (χ1) is 13.4. The molecule has 1 atom stereocenters. The standard InChI is InChI=1S/C19H23N5O3S/c1-23-12-18(21-13-23)28(26,27)24-8-4-5-14(11-24)10-20-19(25)17-9-15-6-2-3-7-16(15)22-17/h2-3,6-7,9,12-14,22H,4-5,8,10-11H2,1H3,(H,20,25)/t14-/m1/s1. The van der Waals surface area contributed by atoms with Crippen LogP contribution in [0.2, 0.25) is 0 Å². The summed E-state index contributed by atoms with van der Waals surface area (Å²) in [7, 11) is -1.86. The minimum Gasteiger partial charge on any atom is -0.351 e. The number of imidazole rings is 1. The lowest BCUT2D eigenvalue weighted by Crippen LogP contribution is -2.43. The summed E-state index contributed by atoms with van der Waals surface area (Å²) in [6.07, 6.45) is 4.63.